The predicted molar refractivity (Wildman–Crippen MR) is 127 cm³/mol. The van der Waals surface area contributed by atoms with Gasteiger partial charge >= 0.3 is 0 Å². The summed E-state index contributed by atoms with van der Waals surface area (Å²) in [7, 11) is 5.49. The molecule has 3 atom stereocenters. The van der Waals surface area contributed by atoms with Crippen LogP contribution in [0.5, 0.6) is 5.75 Å². The summed E-state index contributed by atoms with van der Waals surface area (Å²) in [5.74, 6) is 0.841. The van der Waals surface area contributed by atoms with E-state index in [1.165, 1.54) is 23.8 Å². The molecule has 2 bridgehead atoms. The number of phenolic OH excluding ortho intramolecular Hbond substituents is 1. The van der Waals surface area contributed by atoms with Gasteiger partial charge in [0.25, 0.3) is 0 Å². The number of amides is 1. The topological polar surface area (TPSA) is 81.6 Å². The largest absolute Gasteiger partial charge is 0.507 e. The molecule has 2 aliphatic heterocycles. The molecule has 2 aliphatic rings. The third-order valence-electron chi connectivity index (χ3n) is 6.92. The number of nitrogens with zero attached hydrogens (tertiary/aromatic N) is 4. The van der Waals surface area contributed by atoms with Gasteiger partial charge in [0.15, 0.2) is 5.82 Å². The zero-order chi connectivity index (χ0) is 23.1. The third kappa shape index (κ3) is 4.48. The molecule has 0 unspecified atom stereocenters. The third-order valence-corrected chi connectivity index (χ3v) is 6.92. The van der Waals surface area contributed by atoms with Crippen molar-refractivity contribution < 1.29 is 9.90 Å². The number of aromatic hydroxyl groups is 1. The van der Waals surface area contributed by atoms with Crippen LogP contribution < -0.4 is 10.2 Å². The molecule has 1 aromatic carbocycles. The SMILES string of the molecule is CN(C)C(=O)/C=C/c1ccc(-c2ccc(N(C)[C@@H]3C[C@]4(C)CC[C@](C)(C3)N4)nn2)c(O)c1. The summed E-state index contributed by atoms with van der Waals surface area (Å²) < 4.78 is 0. The molecule has 3 heterocycles. The van der Waals surface area contributed by atoms with E-state index in [1.807, 2.05) is 18.2 Å². The van der Waals surface area contributed by atoms with Crippen LogP contribution in [0.25, 0.3) is 17.3 Å². The Morgan fingerprint density at radius 3 is 2.34 bits per heavy atom. The zero-order valence-electron chi connectivity index (χ0n) is 19.6. The fourth-order valence-corrected chi connectivity index (χ4v) is 5.13. The maximum Gasteiger partial charge on any atom is 0.246 e. The van der Waals surface area contributed by atoms with E-state index < -0.39 is 0 Å². The van der Waals surface area contributed by atoms with Crippen molar-refractivity contribution >= 4 is 17.8 Å². The number of carbonyl (C=O) groups excluding carboxylic acids is 1. The second kappa shape index (κ2) is 8.20. The van der Waals surface area contributed by atoms with Crippen LogP contribution in [0.3, 0.4) is 0 Å². The molecule has 2 N–H and O–H groups in total. The Balaban J connectivity index is 1.48. The first-order chi connectivity index (χ1) is 15.1. The molecule has 0 spiro atoms. The average Bonchev–Trinajstić information content (AvgIpc) is 2.98. The van der Waals surface area contributed by atoms with Gasteiger partial charge in [0.1, 0.15) is 5.75 Å². The summed E-state index contributed by atoms with van der Waals surface area (Å²) in [6.07, 6.45) is 7.77. The van der Waals surface area contributed by atoms with Crippen molar-refractivity contribution in [3.8, 4) is 17.0 Å². The number of nitrogens with one attached hydrogen (secondary N) is 1. The number of aromatic nitrogens is 2. The molecule has 32 heavy (non-hydrogen) atoms. The van der Waals surface area contributed by atoms with Gasteiger partial charge in [0, 0.05) is 49.9 Å². The second-order valence-corrected chi connectivity index (χ2v) is 10.0. The highest BCUT2D eigenvalue weighted by Gasteiger charge is 2.49. The van der Waals surface area contributed by atoms with Gasteiger partial charge in [-0.2, -0.15) is 0 Å². The number of hydrogen-bond donors (Lipinski definition) is 2. The molecule has 2 saturated heterocycles. The zero-order valence-corrected chi connectivity index (χ0v) is 19.6. The van der Waals surface area contributed by atoms with Gasteiger partial charge in [0.2, 0.25) is 5.91 Å². The van der Waals surface area contributed by atoms with E-state index in [2.05, 4.69) is 41.3 Å². The van der Waals surface area contributed by atoms with Crippen LogP contribution in [-0.4, -0.2) is 64.4 Å². The summed E-state index contributed by atoms with van der Waals surface area (Å²) in [6, 6.07) is 9.57. The van der Waals surface area contributed by atoms with Crippen molar-refractivity contribution in [3.63, 3.8) is 0 Å². The van der Waals surface area contributed by atoms with Gasteiger partial charge in [-0.3, -0.25) is 4.79 Å². The summed E-state index contributed by atoms with van der Waals surface area (Å²) in [4.78, 5) is 15.5. The summed E-state index contributed by atoms with van der Waals surface area (Å²) in [5.41, 5.74) is 2.36. The molecule has 1 aromatic heterocycles. The molecule has 4 rings (SSSR count). The molecule has 7 heteroatoms. The fourth-order valence-electron chi connectivity index (χ4n) is 5.13. The standard InChI is InChI=1S/C25H33N5O2/c1-24-12-13-25(2,28-24)16-18(15-24)30(5)22-10-9-20(26-27-22)19-8-6-17(14-21(19)31)7-11-23(32)29(3)4/h6-11,14,18,28,31H,12-13,15-16H2,1-5H3/b11-7+/t18-,24+,25-. The molecular formula is C25H33N5O2. The first-order valence-corrected chi connectivity index (χ1v) is 11.2. The van der Waals surface area contributed by atoms with Crippen LogP contribution in [0.4, 0.5) is 5.82 Å². The summed E-state index contributed by atoms with van der Waals surface area (Å²) in [6.45, 7) is 4.65. The monoisotopic (exact) mass is 435 g/mol. The Kier molecular flexibility index (Phi) is 5.71. The van der Waals surface area contributed by atoms with E-state index in [0.29, 0.717) is 17.3 Å². The highest BCUT2D eigenvalue weighted by atomic mass is 16.3. The van der Waals surface area contributed by atoms with E-state index in [0.717, 1.165) is 24.2 Å². The van der Waals surface area contributed by atoms with Gasteiger partial charge in [-0.25, -0.2) is 0 Å². The maximum atomic E-state index is 11.7. The Morgan fingerprint density at radius 2 is 1.78 bits per heavy atom. The Bertz CT molecular complexity index is 1020. The maximum absolute atomic E-state index is 11.7. The van der Waals surface area contributed by atoms with Gasteiger partial charge in [-0.1, -0.05) is 6.07 Å². The predicted octanol–water partition coefficient (Wildman–Crippen LogP) is 3.45. The molecule has 1 amide bonds. The molecule has 0 radical (unpaired) electrons. The van der Waals surface area contributed by atoms with E-state index in [-0.39, 0.29) is 22.7 Å². The lowest BCUT2D eigenvalue weighted by Crippen LogP contribution is -2.58. The van der Waals surface area contributed by atoms with E-state index in [4.69, 9.17) is 0 Å². The Labute approximate surface area is 190 Å². The highest BCUT2D eigenvalue weighted by Crippen LogP contribution is 2.43. The smallest absolute Gasteiger partial charge is 0.246 e. The van der Waals surface area contributed by atoms with Crippen LogP contribution in [0.1, 0.15) is 45.1 Å². The lowest BCUT2D eigenvalue weighted by atomic mass is 9.84. The second-order valence-electron chi connectivity index (χ2n) is 10.0. The van der Waals surface area contributed by atoms with Gasteiger partial charge < -0.3 is 20.2 Å². The molecule has 0 saturated carbocycles. The van der Waals surface area contributed by atoms with Crippen LogP contribution >= 0.6 is 0 Å². The number of benzene rings is 1. The van der Waals surface area contributed by atoms with Crippen molar-refractivity contribution in [2.75, 3.05) is 26.0 Å². The number of phenols is 1. The van der Waals surface area contributed by atoms with Crippen molar-refractivity contribution in [1.82, 2.24) is 20.4 Å². The molecule has 2 aromatic rings. The van der Waals surface area contributed by atoms with E-state index >= 15 is 0 Å². The number of anilines is 1. The number of carbonyl (C=O) groups is 1. The van der Waals surface area contributed by atoms with E-state index in [9.17, 15) is 9.90 Å². The van der Waals surface area contributed by atoms with Gasteiger partial charge in [0.05, 0.1) is 5.69 Å². The first-order valence-electron chi connectivity index (χ1n) is 11.2. The van der Waals surface area contributed by atoms with Crippen LogP contribution in [0.15, 0.2) is 36.4 Å². The number of rotatable bonds is 5. The Morgan fingerprint density at radius 1 is 1.09 bits per heavy atom. The fraction of sp³-hybridized carbons (Fsp3) is 0.480. The average molecular weight is 436 g/mol. The summed E-state index contributed by atoms with van der Waals surface area (Å²) >= 11 is 0. The van der Waals surface area contributed by atoms with Crippen molar-refractivity contribution in [2.45, 2.75) is 56.7 Å². The number of piperidine rings is 1. The molecular weight excluding hydrogens is 402 g/mol. The normalized spacial score (nSPS) is 27.0. The number of likely N-dealkylation sites (N-methyl/N-ethyl adjacent to an activating group) is 1. The van der Waals surface area contributed by atoms with Crippen molar-refractivity contribution in [3.05, 3.63) is 42.0 Å². The van der Waals surface area contributed by atoms with Crippen LogP contribution in [0.2, 0.25) is 0 Å². The lowest BCUT2D eigenvalue weighted by Gasteiger charge is -2.45. The Hall–Kier alpha value is -2.93. The van der Waals surface area contributed by atoms with Crippen LogP contribution in [0, 0.1) is 0 Å². The van der Waals surface area contributed by atoms with Crippen LogP contribution in [-0.2, 0) is 4.79 Å². The minimum absolute atomic E-state index is 0.107. The lowest BCUT2D eigenvalue weighted by molar-refractivity contribution is -0.123. The number of hydrogen-bond acceptors (Lipinski definition) is 6. The molecule has 170 valence electrons. The molecule has 7 nitrogen and oxygen atoms in total. The first kappa shape index (κ1) is 22.3. The number of fused-ring (bicyclic) bond motifs is 2. The van der Waals surface area contributed by atoms with Crippen molar-refractivity contribution in [1.29, 1.82) is 0 Å². The van der Waals surface area contributed by atoms with Gasteiger partial charge in [-0.05, 0) is 75.4 Å². The van der Waals surface area contributed by atoms with Crippen molar-refractivity contribution in [2.24, 2.45) is 0 Å². The van der Waals surface area contributed by atoms with E-state index in [1.54, 1.807) is 32.3 Å². The minimum Gasteiger partial charge on any atom is -0.507 e. The van der Waals surface area contributed by atoms with Gasteiger partial charge in [-0.15, -0.1) is 10.2 Å². The molecule has 2 fully saturated rings. The minimum atomic E-state index is -0.108. The quantitative estimate of drug-likeness (QED) is 0.700. The molecule has 0 aliphatic carbocycles. The highest BCUT2D eigenvalue weighted by molar-refractivity contribution is 5.91. The summed E-state index contributed by atoms with van der Waals surface area (Å²) in [5, 5.41) is 23.2.